The number of anilines is 2. The summed E-state index contributed by atoms with van der Waals surface area (Å²) in [5.74, 6) is -1.61. The molecule has 0 aliphatic heterocycles. The highest BCUT2D eigenvalue weighted by molar-refractivity contribution is 7.22. The summed E-state index contributed by atoms with van der Waals surface area (Å²) in [5.41, 5.74) is 3.93. The van der Waals surface area contributed by atoms with Gasteiger partial charge < -0.3 is 10.3 Å². The summed E-state index contributed by atoms with van der Waals surface area (Å²) >= 11 is 1.28. The number of aromatic nitrogens is 2. The average Bonchev–Trinajstić information content (AvgIpc) is 3.42. The Hall–Kier alpha value is -4.30. The first-order valence-corrected chi connectivity index (χ1v) is 11.0. The third kappa shape index (κ3) is 4.24. The van der Waals surface area contributed by atoms with E-state index in [9.17, 15) is 14.4 Å². The van der Waals surface area contributed by atoms with Crippen molar-refractivity contribution in [3.05, 3.63) is 89.6 Å². The Labute approximate surface area is 192 Å². The van der Waals surface area contributed by atoms with Crippen LogP contribution in [0, 0.1) is 6.92 Å². The van der Waals surface area contributed by atoms with Gasteiger partial charge in [0.05, 0.1) is 10.2 Å². The van der Waals surface area contributed by atoms with Gasteiger partial charge in [0.1, 0.15) is 5.69 Å². The van der Waals surface area contributed by atoms with Gasteiger partial charge in [0.25, 0.3) is 17.6 Å². The van der Waals surface area contributed by atoms with Crippen molar-refractivity contribution >= 4 is 60.9 Å². The van der Waals surface area contributed by atoms with E-state index in [2.05, 4.69) is 20.6 Å². The number of aromatic amines is 1. The number of fused-ring (bicyclic) bond motifs is 2. The number of thiazole rings is 1. The van der Waals surface area contributed by atoms with Crippen molar-refractivity contribution < 1.29 is 14.4 Å². The van der Waals surface area contributed by atoms with E-state index in [1.807, 2.05) is 31.2 Å². The lowest BCUT2D eigenvalue weighted by Gasteiger charge is -2.04. The molecule has 162 valence electrons. The lowest BCUT2D eigenvalue weighted by Crippen LogP contribution is -2.22. The first kappa shape index (κ1) is 20.6. The van der Waals surface area contributed by atoms with Crippen LogP contribution in [0.4, 0.5) is 10.8 Å². The van der Waals surface area contributed by atoms with E-state index in [0.29, 0.717) is 27.6 Å². The molecular formula is C25H18N4O3S. The van der Waals surface area contributed by atoms with Crippen molar-refractivity contribution in [2.45, 2.75) is 6.92 Å². The number of nitrogens with one attached hydrogen (secondary N) is 3. The number of nitrogens with zero attached hydrogens (tertiary/aromatic N) is 1. The van der Waals surface area contributed by atoms with Crippen LogP contribution in [0.15, 0.2) is 72.8 Å². The zero-order valence-electron chi connectivity index (χ0n) is 17.5. The van der Waals surface area contributed by atoms with Crippen molar-refractivity contribution in [3.63, 3.8) is 0 Å². The van der Waals surface area contributed by atoms with Gasteiger partial charge in [-0.2, -0.15) is 0 Å². The van der Waals surface area contributed by atoms with E-state index in [1.165, 1.54) is 11.3 Å². The SMILES string of the molecule is Cc1ccc2[nH]c(C(=O)Nc3nc4ccc(NC(=O)C(=O)c5ccccc5)cc4s3)cc2c1. The molecule has 2 amide bonds. The lowest BCUT2D eigenvalue weighted by molar-refractivity contribution is -0.112. The minimum absolute atomic E-state index is 0.287. The molecule has 2 aromatic heterocycles. The summed E-state index contributed by atoms with van der Waals surface area (Å²) in [6.07, 6.45) is 0. The highest BCUT2D eigenvalue weighted by atomic mass is 32.1. The minimum Gasteiger partial charge on any atom is -0.351 e. The predicted octanol–water partition coefficient (Wildman–Crippen LogP) is 5.16. The Morgan fingerprint density at radius 3 is 2.55 bits per heavy atom. The summed E-state index contributed by atoms with van der Waals surface area (Å²) in [6.45, 7) is 2.00. The molecule has 0 unspecified atom stereocenters. The van der Waals surface area contributed by atoms with Gasteiger partial charge in [-0.3, -0.25) is 19.7 Å². The van der Waals surface area contributed by atoms with Gasteiger partial charge in [-0.05, 0) is 43.3 Å². The molecule has 7 nitrogen and oxygen atoms in total. The molecule has 0 aliphatic carbocycles. The van der Waals surface area contributed by atoms with Crippen LogP contribution in [-0.2, 0) is 4.79 Å². The molecule has 0 aliphatic rings. The molecule has 33 heavy (non-hydrogen) atoms. The Bertz CT molecular complexity index is 1540. The maximum atomic E-state index is 12.7. The number of benzene rings is 3. The van der Waals surface area contributed by atoms with E-state index in [-0.39, 0.29) is 5.91 Å². The van der Waals surface area contributed by atoms with Crippen LogP contribution >= 0.6 is 11.3 Å². The molecule has 0 bridgehead atoms. The maximum absolute atomic E-state index is 12.7. The largest absolute Gasteiger partial charge is 0.351 e. The van der Waals surface area contributed by atoms with Gasteiger partial charge in [0.2, 0.25) is 0 Å². The quantitative estimate of drug-likeness (QED) is 0.252. The molecule has 0 atom stereocenters. The molecule has 0 spiro atoms. The van der Waals surface area contributed by atoms with Crippen molar-refractivity contribution in [3.8, 4) is 0 Å². The molecule has 3 N–H and O–H groups in total. The van der Waals surface area contributed by atoms with Crippen LogP contribution in [0.25, 0.3) is 21.1 Å². The zero-order chi connectivity index (χ0) is 22.9. The molecule has 0 fully saturated rings. The predicted molar refractivity (Wildman–Crippen MR) is 130 cm³/mol. The monoisotopic (exact) mass is 454 g/mol. The summed E-state index contributed by atoms with van der Waals surface area (Å²) in [4.78, 5) is 44.9. The van der Waals surface area contributed by atoms with Gasteiger partial charge in [0.15, 0.2) is 5.13 Å². The standard InChI is InChI=1S/C25H18N4O3S/c1-14-7-9-18-16(11-14)12-20(27-18)23(31)29-25-28-19-10-8-17(13-21(19)33-25)26-24(32)22(30)15-5-3-2-4-6-15/h2-13,27H,1H3,(H,26,32)(H,28,29,31). The van der Waals surface area contributed by atoms with Crippen molar-refractivity contribution in [1.29, 1.82) is 0 Å². The summed E-state index contributed by atoms with van der Waals surface area (Å²) < 4.78 is 0.766. The summed E-state index contributed by atoms with van der Waals surface area (Å²) in [5, 5.41) is 6.85. The Morgan fingerprint density at radius 2 is 1.73 bits per heavy atom. The highest BCUT2D eigenvalue weighted by Crippen LogP contribution is 2.29. The fraction of sp³-hybridized carbons (Fsp3) is 0.0400. The van der Waals surface area contributed by atoms with E-state index >= 15 is 0 Å². The molecule has 3 aromatic carbocycles. The second kappa shape index (κ2) is 8.33. The Morgan fingerprint density at radius 1 is 0.909 bits per heavy atom. The summed E-state index contributed by atoms with van der Waals surface area (Å²) in [7, 11) is 0. The highest BCUT2D eigenvalue weighted by Gasteiger charge is 2.17. The molecule has 2 heterocycles. The van der Waals surface area contributed by atoms with Gasteiger partial charge in [-0.25, -0.2) is 4.98 Å². The fourth-order valence-electron chi connectivity index (χ4n) is 3.50. The number of carbonyl (C=O) groups excluding carboxylic acids is 3. The van der Waals surface area contributed by atoms with E-state index < -0.39 is 11.7 Å². The number of hydrogen-bond acceptors (Lipinski definition) is 5. The number of hydrogen-bond donors (Lipinski definition) is 3. The average molecular weight is 455 g/mol. The topological polar surface area (TPSA) is 104 Å². The van der Waals surface area contributed by atoms with Crippen LogP contribution in [0.3, 0.4) is 0 Å². The second-order valence-corrected chi connectivity index (χ2v) is 8.61. The number of aryl methyl sites for hydroxylation is 1. The van der Waals surface area contributed by atoms with Gasteiger partial charge in [0, 0.05) is 22.2 Å². The fourth-order valence-corrected chi connectivity index (χ4v) is 4.40. The van der Waals surface area contributed by atoms with Gasteiger partial charge in [-0.15, -0.1) is 0 Å². The van der Waals surface area contributed by atoms with Crippen molar-refractivity contribution in [1.82, 2.24) is 9.97 Å². The molecule has 0 saturated carbocycles. The van der Waals surface area contributed by atoms with E-state index in [0.717, 1.165) is 21.2 Å². The smallest absolute Gasteiger partial charge is 0.296 e. The number of rotatable bonds is 5. The van der Waals surface area contributed by atoms with Crippen LogP contribution in [-0.4, -0.2) is 27.6 Å². The molecular weight excluding hydrogens is 436 g/mol. The lowest BCUT2D eigenvalue weighted by atomic mass is 10.1. The third-order valence-electron chi connectivity index (χ3n) is 5.13. The summed E-state index contributed by atoms with van der Waals surface area (Å²) in [6, 6.07) is 21.3. The van der Waals surface area contributed by atoms with Gasteiger partial charge in [-0.1, -0.05) is 53.3 Å². The number of carbonyl (C=O) groups is 3. The second-order valence-electron chi connectivity index (χ2n) is 7.58. The van der Waals surface area contributed by atoms with Crippen molar-refractivity contribution in [2.75, 3.05) is 10.6 Å². The van der Waals surface area contributed by atoms with Crippen LogP contribution in [0.5, 0.6) is 0 Å². The normalized spacial score (nSPS) is 10.9. The third-order valence-corrected chi connectivity index (χ3v) is 6.06. The Balaban J connectivity index is 1.32. The van der Waals surface area contributed by atoms with Crippen molar-refractivity contribution in [2.24, 2.45) is 0 Å². The number of ketones is 1. The number of amides is 2. The molecule has 8 heteroatoms. The van der Waals surface area contributed by atoms with Crippen LogP contribution in [0.2, 0.25) is 0 Å². The van der Waals surface area contributed by atoms with Gasteiger partial charge >= 0.3 is 0 Å². The molecule has 5 aromatic rings. The zero-order valence-corrected chi connectivity index (χ0v) is 18.3. The number of Topliss-reactive ketones (excluding diaryl/α,β-unsaturated/α-hetero) is 1. The first-order valence-electron chi connectivity index (χ1n) is 10.2. The van der Waals surface area contributed by atoms with E-state index in [1.54, 1.807) is 48.5 Å². The molecule has 5 rings (SSSR count). The number of H-pyrrole nitrogens is 1. The van der Waals surface area contributed by atoms with E-state index in [4.69, 9.17) is 0 Å². The molecule has 0 radical (unpaired) electrons. The van der Waals surface area contributed by atoms with Crippen LogP contribution < -0.4 is 10.6 Å². The first-order chi connectivity index (χ1) is 16.0. The minimum atomic E-state index is -0.715. The maximum Gasteiger partial charge on any atom is 0.296 e. The molecule has 0 saturated heterocycles. The Kier molecular flexibility index (Phi) is 5.20. The van der Waals surface area contributed by atoms with Crippen LogP contribution in [0.1, 0.15) is 26.4 Å².